The van der Waals surface area contributed by atoms with E-state index in [1.807, 2.05) is 13.8 Å². The lowest BCUT2D eigenvalue weighted by molar-refractivity contribution is -0.308. The zero-order valence-electron chi connectivity index (χ0n) is 11.8. The molecular formula is C16H21O2-. The maximum absolute atomic E-state index is 11.1. The first-order chi connectivity index (χ1) is 8.15. The maximum Gasteiger partial charge on any atom is 0.0457 e. The highest BCUT2D eigenvalue weighted by Crippen LogP contribution is 2.64. The first-order valence-electron chi connectivity index (χ1n) is 6.47. The number of carboxylic acid groups (broad SMARTS) is 1. The fraction of sp³-hybridized carbons (Fsp3) is 0.562. The largest absolute Gasteiger partial charge is 0.550 e. The van der Waals surface area contributed by atoms with Crippen molar-refractivity contribution in [2.24, 2.45) is 11.3 Å². The number of hydrogen-bond donors (Lipinski definition) is 0. The van der Waals surface area contributed by atoms with E-state index in [2.05, 4.69) is 45.0 Å². The Morgan fingerprint density at radius 3 is 2.00 bits per heavy atom. The van der Waals surface area contributed by atoms with Crippen molar-refractivity contribution in [2.45, 2.75) is 46.0 Å². The molecule has 1 aromatic rings. The van der Waals surface area contributed by atoms with Gasteiger partial charge in [0, 0.05) is 11.9 Å². The van der Waals surface area contributed by atoms with Gasteiger partial charge in [-0.1, -0.05) is 58.9 Å². The summed E-state index contributed by atoms with van der Waals surface area (Å²) in [5.74, 6) is -1.18. The molecule has 0 amide bonds. The van der Waals surface area contributed by atoms with Crippen LogP contribution in [-0.4, -0.2) is 5.97 Å². The summed E-state index contributed by atoms with van der Waals surface area (Å²) in [6, 6.07) is 8.35. The van der Waals surface area contributed by atoms with Gasteiger partial charge < -0.3 is 9.90 Å². The number of carbonyl (C=O) groups excluding carboxylic acids is 1. The number of rotatable bonds is 2. The molecule has 18 heavy (non-hydrogen) atoms. The lowest BCUT2D eigenvalue weighted by Crippen LogP contribution is -2.26. The summed E-state index contributed by atoms with van der Waals surface area (Å²) in [6.45, 7) is 10.5. The fourth-order valence-corrected chi connectivity index (χ4v) is 2.89. The smallest absolute Gasteiger partial charge is 0.0457 e. The molecule has 0 heterocycles. The van der Waals surface area contributed by atoms with Crippen molar-refractivity contribution in [2.75, 3.05) is 0 Å². The van der Waals surface area contributed by atoms with Crippen molar-refractivity contribution >= 4 is 5.97 Å². The fourth-order valence-electron chi connectivity index (χ4n) is 2.89. The summed E-state index contributed by atoms with van der Waals surface area (Å²) in [6.07, 6.45) is 0. The number of carboxylic acids is 1. The Morgan fingerprint density at radius 2 is 1.67 bits per heavy atom. The molecule has 0 bridgehead atoms. The van der Waals surface area contributed by atoms with Gasteiger partial charge in [-0.25, -0.2) is 0 Å². The Hall–Kier alpha value is -1.31. The summed E-state index contributed by atoms with van der Waals surface area (Å²) >= 11 is 0. The SMILES string of the molecule is CC(C)(C)c1ccc(C2C(C(=O)[O-])C2(C)C)cc1. The van der Waals surface area contributed by atoms with Crippen molar-refractivity contribution in [1.82, 2.24) is 0 Å². The number of carbonyl (C=O) groups is 1. The topological polar surface area (TPSA) is 40.1 Å². The van der Waals surface area contributed by atoms with Gasteiger partial charge in [-0.3, -0.25) is 0 Å². The van der Waals surface area contributed by atoms with Crippen LogP contribution < -0.4 is 5.11 Å². The Bertz CT molecular complexity index is 463. The Kier molecular flexibility index (Phi) is 2.80. The first kappa shape index (κ1) is 13.1. The Balaban J connectivity index is 2.25. The maximum atomic E-state index is 11.1. The van der Waals surface area contributed by atoms with E-state index in [1.54, 1.807) is 0 Å². The monoisotopic (exact) mass is 245 g/mol. The van der Waals surface area contributed by atoms with E-state index in [0.717, 1.165) is 5.56 Å². The minimum atomic E-state index is -0.926. The quantitative estimate of drug-likeness (QED) is 0.803. The van der Waals surface area contributed by atoms with Gasteiger partial charge in [-0.2, -0.15) is 0 Å². The van der Waals surface area contributed by atoms with Crippen LogP contribution in [0.25, 0.3) is 0 Å². The van der Waals surface area contributed by atoms with Gasteiger partial charge in [-0.15, -0.1) is 0 Å². The van der Waals surface area contributed by atoms with Crippen molar-refractivity contribution in [3.63, 3.8) is 0 Å². The van der Waals surface area contributed by atoms with Crippen LogP contribution in [0.4, 0.5) is 0 Å². The van der Waals surface area contributed by atoms with Crippen molar-refractivity contribution < 1.29 is 9.90 Å². The summed E-state index contributed by atoms with van der Waals surface area (Å²) < 4.78 is 0. The molecule has 1 fully saturated rings. The second kappa shape index (κ2) is 3.84. The van der Waals surface area contributed by atoms with Gasteiger partial charge in [0.15, 0.2) is 0 Å². The van der Waals surface area contributed by atoms with Crippen LogP contribution in [0, 0.1) is 11.3 Å². The molecular weight excluding hydrogens is 224 g/mol. The average Bonchev–Trinajstić information content (AvgIpc) is 2.80. The molecule has 1 aliphatic carbocycles. The van der Waals surface area contributed by atoms with E-state index in [0.29, 0.717) is 0 Å². The van der Waals surface area contributed by atoms with Crippen LogP contribution >= 0.6 is 0 Å². The minimum Gasteiger partial charge on any atom is -0.550 e. The molecule has 0 aromatic heterocycles. The van der Waals surface area contributed by atoms with Crippen molar-refractivity contribution in [3.05, 3.63) is 35.4 Å². The molecule has 0 radical (unpaired) electrons. The summed E-state index contributed by atoms with van der Waals surface area (Å²) in [4.78, 5) is 11.1. The summed E-state index contributed by atoms with van der Waals surface area (Å²) in [5.41, 5.74) is 2.34. The van der Waals surface area contributed by atoms with Gasteiger partial charge in [0.25, 0.3) is 0 Å². The highest BCUT2D eigenvalue weighted by Gasteiger charge is 2.58. The van der Waals surface area contributed by atoms with Gasteiger partial charge in [0.1, 0.15) is 0 Å². The third kappa shape index (κ3) is 2.05. The standard InChI is InChI=1S/C16H22O2/c1-15(2,3)11-8-6-10(7-9-11)12-13(14(17)18)16(12,4)5/h6-9,12-13H,1-5H3,(H,17,18)/p-1. The molecule has 1 aromatic carbocycles. The van der Waals surface area contributed by atoms with Crippen molar-refractivity contribution in [1.29, 1.82) is 0 Å². The molecule has 0 spiro atoms. The molecule has 2 heteroatoms. The van der Waals surface area contributed by atoms with E-state index >= 15 is 0 Å². The molecule has 0 aliphatic heterocycles. The van der Waals surface area contributed by atoms with E-state index in [4.69, 9.17) is 0 Å². The van der Waals surface area contributed by atoms with E-state index in [9.17, 15) is 9.90 Å². The minimum absolute atomic E-state index is 0.0940. The predicted octanol–water partition coefficient (Wildman–Crippen LogP) is 2.47. The summed E-state index contributed by atoms with van der Waals surface area (Å²) in [7, 11) is 0. The van der Waals surface area contributed by atoms with Crippen LogP contribution in [0.2, 0.25) is 0 Å². The van der Waals surface area contributed by atoms with Crippen LogP contribution in [0.3, 0.4) is 0 Å². The van der Waals surface area contributed by atoms with Crippen molar-refractivity contribution in [3.8, 4) is 0 Å². The normalized spacial score (nSPS) is 25.8. The molecule has 98 valence electrons. The predicted molar refractivity (Wildman–Crippen MR) is 70.2 cm³/mol. The zero-order chi connectivity index (χ0) is 13.7. The van der Waals surface area contributed by atoms with E-state index in [1.165, 1.54) is 5.56 Å². The third-order valence-electron chi connectivity index (χ3n) is 4.22. The molecule has 1 saturated carbocycles. The Morgan fingerprint density at radius 1 is 1.17 bits per heavy atom. The second-order valence-electron chi connectivity index (χ2n) is 6.97. The molecule has 2 unspecified atom stereocenters. The number of aliphatic carboxylic acids is 1. The number of benzene rings is 1. The van der Waals surface area contributed by atoms with Crippen LogP contribution in [-0.2, 0) is 10.2 Å². The number of hydrogen-bond acceptors (Lipinski definition) is 2. The first-order valence-corrected chi connectivity index (χ1v) is 6.47. The molecule has 2 atom stereocenters. The lowest BCUT2D eigenvalue weighted by atomic mass is 9.86. The zero-order valence-corrected chi connectivity index (χ0v) is 11.8. The molecule has 1 aliphatic rings. The Labute approximate surface area is 109 Å². The molecule has 2 nitrogen and oxygen atoms in total. The van der Waals surface area contributed by atoms with E-state index < -0.39 is 5.97 Å². The molecule has 0 saturated heterocycles. The van der Waals surface area contributed by atoms with Gasteiger partial charge >= 0.3 is 0 Å². The van der Waals surface area contributed by atoms with Gasteiger partial charge in [0.2, 0.25) is 0 Å². The van der Waals surface area contributed by atoms with Crippen LogP contribution in [0.5, 0.6) is 0 Å². The van der Waals surface area contributed by atoms with Gasteiger partial charge in [-0.05, 0) is 27.9 Å². The summed E-state index contributed by atoms with van der Waals surface area (Å²) in [5, 5.41) is 11.1. The molecule has 2 rings (SSSR count). The lowest BCUT2D eigenvalue weighted by Gasteiger charge is -2.19. The molecule has 0 N–H and O–H groups in total. The third-order valence-corrected chi connectivity index (χ3v) is 4.22. The van der Waals surface area contributed by atoms with Gasteiger partial charge in [0.05, 0.1) is 0 Å². The highest BCUT2D eigenvalue weighted by molar-refractivity contribution is 5.75. The van der Waals surface area contributed by atoms with Crippen LogP contribution in [0.15, 0.2) is 24.3 Å². The average molecular weight is 245 g/mol. The van der Waals surface area contributed by atoms with E-state index in [-0.39, 0.29) is 22.7 Å². The second-order valence-corrected chi connectivity index (χ2v) is 6.97. The highest BCUT2D eigenvalue weighted by atomic mass is 16.4. The van der Waals surface area contributed by atoms with Crippen LogP contribution in [0.1, 0.15) is 51.7 Å².